The van der Waals surface area contributed by atoms with Gasteiger partial charge in [-0.15, -0.1) is 10.2 Å². The predicted molar refractivity (Wildman–Crippen MR) is 154 cm³/mol. The minimum absolute atomic E-state index is 0.392. The lowest BCUT2D eigenvalue weighted by atomic mass is 9.83. The number of amidine groups is 1. The first kappa shape index (κ1) is 26.7. The number of hydrogen-bond donors (Lipinski definition) is 1. The van der Waals surface area contributed by atoms with Crippen molar-refractivity contribution in [3.05, 3.63) is 95.2 Å². The highest BCUT2D eigenvalue weighted by molar-refractivity contribution is 6.06. The van der Waals surface area contributed by atoms with Crippen molar-refractivity contribution >= 4 is 23.8 Å². The molecule has 40 heavy (non-hydrogen) atoms. The largest absolute Gasteiger partial charge is 0.465 e. The molecule has 1 N–H and O–H groups in total. The van der Waals surface area contributed by atoms with Gasteiger partial charge in [0, 0.05) is 23.4 Å². The van der Waals surface area contributed by atoms with E-state index in [0.717, 1.165) is 51.3 Å². The summed E-state index contributed by atoms with van der Waals surface area (Å²) in [5, 5.41) is 14.8. The molecule has 0 aliphatic carbocycles. The number of benzene rings is 3. The first-order chi connectivity index (χ1) is 19.4. The van der Waals surface area contributed by atoms with Crippen molar-refractivity contribution in [2.45, 2.75) is 39.2 Å². The third kappa shape index (κ3) is 4.82. The third-order valence-corrected chi connectivity index (χ3v) is 7.30. The number of tetrazole rings is 1. The zero-order valence-corrected chi connectivity index (χ0v) is 22.9. The summed E-state index contributed by atoms with van der Waals surface area (Å²) < 4.78 is 4.82. The van der Waals surface area contributed by atoms with Crippen molar-refractivity contribution in [1.29, 1.82) is 0 Å². The fraction of sp³-hybridized carbons (Fsp3) is 0.226. The van der Waals surface area contributed by atoms with Gasteiger partial charge in [-0.3, -0.25) is 0 Å². The molecule has 5 rings (SSSR count). The Labute approximate surface area is 232 Å². The summed E-state index contributed by atoms with van der Waals surface area (Å²) in [6.07, 6.45) is 2.09. The van der Waals surface area contributed by atoms with Crippen LogP contribution < -0.4 is 4.90 Å². The summed E-state index contributed by atoms with van der Waals surface area (Å²) in [4.78, 5) is 31.9. The molecule has 0 spiro atoms. The van der Waals surface area contributed by atoms with E-state index < -0.39 is 11.5 Å². The van der Waals surface area contributed by atoms with Gasteiger partial charge in [-0.2, -0.15) is 5.21 Å². The average Bonchev–Trinajstić information content (AvgIpc) is 3.54. The molecule has 2 heterocycles. The number of nitrogens with one attached hydrogen (secondary N) is 1. The summed E-state index contributed by atoms with van der Waals surface area (Å²) in [7, 11) is 1.36. The predicted octanol–water partition coefficient (Wildman–Crippen LogP) is 5.42. The number of aldehydes is 1. The molecule has 0 saturated heterocycles. The van der Waals surface area contributed by atoms with Gasteiger partial charge in [-0.25, -0.2) is 9.79 Å². The molecule has 1 atom stereocenters. The van der Waals surface area contributed by atoms with Crippen molar-refractivity contribution in [2.24, 2.45) is 4.99 Å². The summed E-state index contributed by atoms with van der Waals surface area (Å²) in [5.41, 5.74) is 5.63. The number of aromatic amines is 1. The van der Waals surface area contributed by atoms with Crippen molar-refractivity contribution in [1.82, 2.24) is 20.6 Å². The van der Waals surface area contributed by atoms with Gasteiger partial charge >= 0.3 is 5.97 Å². The van der Waals surface area contributed by atoms with Crippen LogP contribution in [0, 0.1) is 0 Å². The van der Waals surface area contributed by atoms with Crippen LogP contribution in [0.15, 0.2) is 89.1 Å². The van der Waals surface area contributed by atoms with E-state index in [1.54, 1.807) is 12.1 Å². The second-order valence-corrected chi connectivity index (χ2v) is 9.74. The van der Waals surface area contributed by atoms with Gasteiger partial charge in [0.05, 0.1) is 12.7 Å². The lowest BCUT2D eigenvalue weighted by Gasteiger charge is -2.44. The van der Waals surface area contributed by atoms with E-state index >= 15 is 0 Å². The van der Waals surface area contributed by atoms with Crippen LogP contribution >= 0.6 is 0 Å². The number of aliphatic imine (C=N–C) groups is 1. The van der Waals surface area contributed by atoms with Gasteiger partial charge < -0.3 is 14.4 Å². The number of aromatic nitrogens is 4. The molecule has 0 amide bonds. The summed E-state index contributed by atoms with van der Waals surface area (Å²) in [6, 6.07) is 23.2. The van der Waals surface area contributed by atoms with E-state index in [0.29, 0.717) is 24.2 Å². The maximum Gasteiger partial charge on any atom is 0.337 e. The quantitative estimate of drug-likeness (QED) is 0.237. The SMILES string of the molecule is CCC1=NC(C)=C(Cc2ccc(C(=O)OC)cc2)C(C)(C=O)N1c1ccc(-c2ccccc2)c(-c2nn[nH]n2)c1. The molecule has 1 unspecified atom stereocenters. The Balaban J connectivity index is 1.60. The molecule has 0 radical (unpaired) electrons. The number of carbonyl (C=O) groups is 2. The number of H-pyrrole nitrogens is 1. The molecule has 202 valence electrons. The Morgan fingerprint density at radius 3 is 2.42 bits per heavy atom. The Kier molecular flexibility index (Phi) is 7.37. The average molecular weight is 535 g/mol. The maximum absolute atomic E-state index is 13.0. The smallest absolute Gasteiger partial charge is 0.337 e. The Morgan fingerprint density at radius 2 is 1.80 bits per heavy atom. The minimum Gasteiger partial charge on any atom is -0.465 e. The molecule has 4 aromatic rings. The lowest BCUT2D eigenvalue weighted by molar-refractivity contribution is -0.110. The highest BCUT2D eigenvalue weighted by Gasteiger charge is 2.42. The van der Waals surface area contributed by atoms with Crippen LogP contribution in [-0.2, 0) is 16.0 Å². The topological polar surface area (TPSA) is 113 Å². The van der Waals surface area contributed by atoms with Crippen LogP contribution in [0.3, 0.4) is 0 Å². The molecule has 0 fully saturated rings. The van der Waals surface area contributed by atoms with E-state index in [1.165, 1.54) is 7.11 Å². The zero-order chi connectivity index (χ0) is 28.3. The number of anilines is 1. The molecule has 9 heteroatoms. The van der Waals surface area contributed by atoms with Gasteiger partial charge in [-0.05, 0) is 72.0 Å². The third-order valence-electron chi connectivity index (χ3n) is 7.30. The molecule has 1 aliphatic heterocycles. The summed E-state index contributed by atoms with van der Waals surface area (Å²) in [6.45, 7) is 5.89. The number of allylic oxidation sites excluding steroid dienone is 1. The number of esters is 1. The van der Waals surface area contributed by atoms with Gasteiger partial charge in [0.25, 0.3) is 0 Å². The van der Waals surface area contributed by atoms with E-state index in [-0.39, 0.29) is 0 Å². The van der Waals surface area contributed by atoms with Crippen LogP contribution in [0.1, 0.15) is 43.1 Å². The normalized spacial score (nSPS) is 17.0. The van der Waals surface area contributed by atoms with Crippen LogP contribution in [0.2, 0.25) is 0 Å². The first-order valence-electron chi connectivity index (χ1n) is 13.0. The summed E-state index contributed by atoms with van der Waals surface area (Å²) >= 11 is 0. The van der Waals surface area contributed by atoms with E-state index in [1.807, 2.05) is 86.3 Å². The van der Waals surface area contributed by atoms with Crippen molar-refractivity contribution in [3.8, 4) is 22.5 Å². The highest BCUT2D eigenvalue weighted by Crippen LogP contribution is 2.40. The Hall–Kier alpha value is -4.92. The molecule has 0 saturated carbocycles. The van der Waals surface area contributed by atoms with E-state index in [9.17, 15) is 9.59 Å². The fourth-order valence-electron chi connectivity index (χ4n) is 5.25. The molecule has 1 aromatic heterocycles. The fourth-order valence-corrected chi connectivity index (χ4v) is 5.25. The van der Waals surface area contributed by atoms with E-state index in [4.69, 9.17) is 9.73 Å². The van der Waals surface area contributed by atoms with E-state index in [2.05, 4.69) is 20.6 Å². The monoisotopic (exact) mass is 534 g/mol. The van der Waals surface area contributed by atoms with Crippen LogP contribution in [0.5, 0.6) is 0 Å². The first-order valence-corrected chi connectivity index (χ1v) is 13.0. The zero-order valence-electron chi connectivity index (χ0n) is 22.9. The molecule has 9 nitrogen and oxygen atoms in total. The standard InChI is InChI=1S/C31H30N6O3/c1-5-28-32-20(2)27(17-21-11-13-23(14-12-21)30(39)40-4)31(3,19-38)37(28)24-15-16-25(22-9-7-6-8-10-22)26(18-24)29-33-35-36-34-29/h6-16,18-19H,5,17H2,1-4H3,(H,33,34,35,36). The van der Waals surface area contributed by atoms with Gasteiger partial charge in [0.2, 0.25) is 5.82 Å². The number of rotatable bonds is 8. The van der Waals surface area contributed by atoms with Crippen molar-refractivity contribution < 1.29 is 14.3 Å². The molecule has 0 bridgehead atoms. The van der Waals surface area contributed by atoms with Crippen molar-refractivity contribution in [3.63, 3.8) is 0 Å². The van der Waals surface area contributed by atoms with Crippen molar-refractivity contribution in [2.75, 3.05) is 12.0 Å². The van der Waals surface area contributed by atoms with Gasteiger partial charge in [0.15, 0.2) is 0 Å². The number of hydrogen-bond acceptors (Lipinski definition) is 8. The molecule has 1 aliphatic rings. The number of carbonyl (C=O) groups excluding carboxylic acids is 2. The molecular weight excluding hydrogens is 504 g/mol. The van der Waals surface area contributed by atoms with Crippen LogP contribution in [0.25, 0.3) is 22.5 Å². The second-order valence-electron chi connectivity index (χ2n) is 9.74. The highest BCUT2D eigenvalue weighted by atomic mass is 16.5. The Bertz CT molecular complexity index is 1590. The summed E-state index contributed by atoms with van der Waals surface area (Å²) in [5.74, 6) is 0.846. The van der Waals surface area contributed by atoms with Crippen LogP contribution in [-0.4, -0.2) is 51.4 Å². The molecule has 3 aromatic carbocycles. The number of nitrogens with zero attached hydrogens (tertiary/aromatic N) is 5. The van der Waals surface area contributed by atoms with Gasteiger partial charge in [0.1, 0.15) is 17.7 Å². The minimum atomic E-state index is -1.01. The number of ether oxygens (including phenoxy) is 1. The van der Waals surface area contributed by atoms with Crippen LogP contribution in [0.4, 0.5) is 5.69 Å². The number of methoxy groups -OCH3 is 1. The second kappa shape index (κ2) is 11.1. The maximum atomic E-state index is 13.0. The Morgan fingerprint density at radius 1 is 1.05 bits per heavy atom. The molecular formula is C31H30N6O3. The lowest BCUT2D eigenvalue weighted by Crippen LogP contribution is -2.55. The van der Waals surface area contributed by atoms with Gasteiger partial charge in [-0.1, -0.05) is 55.5 Å².